The second kappa shape index (κ2) is 5.44. The van der Waals surface area contributed by atoms with Gasteiger partial charge in [-0.05, 0) is 0 Å². The Morgan fingerprint density at radius 3 is 2.62 bits per heavy atom. The van der Waals surface area contributed by atoms with E-state index in [-0.39, 0.29) is 6.61 Å². The van der Waals surface area contributed by atoms with Gasteiger partial charge >= 0.3 is 6.18 Å². The molecule has 1 aliphatic rings. The molecular formula is C13H13F3N2O3. The van der Waals surface area contributed by atoms with Gasteiger partial charge in [-0.25, -0.2) is 4.98 Å². The number of fused-ring (bicyclic) bond motifs is 2. The second-order valence-corrected chi connectivity index (χ2v) is 4.66. The van der Waals surface area contributed by atoms with E-state index in [9.17, 15) is 13.2 Å². The molecule has 8 heteroatoms. The van der Waals surface area contributed by atoms with Crippen molar-refractivity contribution in [2.45, 2.75) is 19.2 Å². The van der Waals surface area contributed by atoms with Crippen LogP contribution < -0.4 is 9.47 Å². The highest BCUT2D eigenvalue weighted by Gasteiger charge is 2.27. The van der Waals surface area contributed by atoms with Crippen LogP contribution in [-0.2, 0) is 11.3 Å². The van der Waals surface area contributed by atoms with Crippen molar-refractivity contribution in [1.82, 2.24) is 9.97 Å². The highest BCUT2D eigenvalue weighted by Crippen LogP contribution is 2.33. The van der Waals surface area contributed by atoms with E-state index in [2.05, 4.69) is 14.7 Å². The maximum absolute atomic E-state index is 12.0. The van der Waals surface area contributed by atoms with Crippen LogP contribution in [0.15, 0.2) is 12.1 Å². The summed E-state index contributed by atoms with van der Waals surface area (Å²) >= 11 is 0. The lowest BCUT2D eigenvalue weighted by Crippen LogP contribution is -2.16. The maximum atomic E-state index is 12.0. The molecule has 0 saturated carbocycles. The molecule has 1 aromatic carbocycles. The lowest BCUT2D eigenvalue weighted by atomic mass is 10.3. The van der Waals surface area contributed by atoms with E-state index in [1.54, 1.807) is 12.1 Å². The Labute approximate surface area is 118 Å². The minimum atomic E-state index is -4.34. The Morgan fingerprint density at radius 2 is 1.90 bits per heavy atom. The van der Waals surface area contributed by atoms with Crippen molar-refractivity contribution in [2.24, 2.45) is 0 Å². The van der Waals surface area contributed by atoms with Gasteiger partial charge < -0.3 is 19.2 Å². The van der Waals surface area contributed by atoms with Crippen LogP contribution in [0.5, 0.6) is 11.5 Å². The molecule has 3 rings (SSSR count). The van der Waals surface area contributed by atoms with Gasteiger partial charge in [-0.3, -0.25) is 0 Å². The van der Waals surface area contributed by atoms with Crippen molar-refractivity contribution in [3.8, 4) is 11.5 Å². The Bertz CT molecular complexity index is 596. The number of ether oxygens (including phenoxy) is 3. The van der Waals surface area contributed by atoms with E-state index >= 15 is 0 Å². The van der Waals surface area contributed by atoms with Gasteiger partial charge in [0.1, 0.15) is 19.0 Å². The predicted molar refractivity (Wildman–Crippen MR) is 67.4 cm³/mol. The zero-order valence-corrected chi connectivity index (χ0v) is 11.0. The number of nitrogens with zero attached hydrogens (tertiary/aromatic N) is 1. The van der Waals surface area contributed by atoms with Gasteiger partial charge in [0.15, 0.2) is 11.5 Å². The fourth-order valence-corrected chi connectivity index (χ4v) is 2.05. The Balaban J connectivity index is 1.77. The van der Waals surface area contributed by atoms with Gasteiger partial charge in [0.2, 0.25) is 0 Å². The number of halogens is 3. The summed E-state index contributed by atoms with van der Waals surface area (Å²) in [6.45, 7) is -0.411. The number of hydrogen-bond donors (Lipinski definition) is 1. The molecule has 0 bridgehead atoms. The lowest BCUT2D eigenvalue weighted by Gasteiger charge is -2.05. The number of rotatable bonds is 3. The van der Waals surface area contributed by atoms with E-state index in [1.807, 2.05) is 0 Å². The minimum absolute atomic E-state index is 0.236. The fourth-order valence-electron chi connectivity index (χ4n) is 2.05. The average molecular weight is 302 g/mol. The number of nitrogens with one attached hydrogen (secondary N) is 1. The van der Waals surface area contributed by atoms with Crippen LogP contribution in [-0.4, -0.2) is 36.0 Å². The molecule has 114 valence electrons. The highest BCUT2D eigenvalue weighted by molar-refractivity contribution is 5.79. The van der Waals surface area contributed by atoms with E-state index < -0.39 is 12.8 Å². The molecule has 1 aliphatic heterocycles. The fraction of sp³-hybridized carbons (Fsp3) is 0.462. The minimum Gasteiger partial charge on any atom is -0.489 e. The number of hydrogen-bond acceptors (Lipinski definition) is 4. The third-order valence-electron chi connectivity index (χ3n) is 2.90. The van der Waals surface area contributed by atoms with E-state index in [1.165, 1.54) is 0 Å². The molecule has 0 atom stereocenters. The van der Waals surface area contributed by atoms with Gasteiger partial charge in [0.05, 0.1) is 24.2 Å². The number of aromatic amines is 1. The third kappa shape index (κ3) is 3.38. The zero-order chi connectivity index (χ0) is 14.9. The van der Waals surface area contributed by atoms with Crippen LogP contribution in [0.1, 0.15) is 12.2 Å². The molecule has 2 heterocycles. The van der Waals surface area contributed by atoms with Gasteiger partial charge in [0.25, 0.3) is 0 Å². The number of H-pyrrole nitrogens is 1. The topological polar surface area (TPSA) is 56.4 Å². The first-order chi connectivity index (χ1) is 10.0. The molecular weight excluding hydrogens is 289 g/mol. The first-order valence-electron chi connectivity index (χ1n) is 6.44. The number of benzene rings is 1. The summed E-state index contributed by atoms with van der Waals surface area (Å²) in [6, 6.07) is 3.44. The molecule has 1 N–H and O–H groups in total. The van der Waals surface area contributed by atoms with Crippen molar-refractivity contribution in [1.29, 1.82) is 0 Å². The maximum Gasteiger partial charge on any atom is 0.411 e. The van der Waals surface area contributed by atoms with Crippen LogP contribution in [0.2, 0.25) is 0 Å². The van der Waals surface area contributed by atoms with Gasteiger partial charge in [0, 0.05) is 18.6 Å². The van der Waals surface area contributed by atoms with E-state index in [0.717, 1.165) is 6.42 Å². The molecule has 0 amide bonds. The first-order valence-corrected chi connectivity index (χ1v) is 6.44. The van der Waals surface area contributed by atoms with Crippen molar-refractivity contribution in [2.75, 3.05) is 19.8 Å². The highest BCUT2D eigenvalue weighted by atomic mass is 19.4. The van der Waals surface area contributed by atoms with Crippen LogP contribution >= 0.6 is 0 Å². The third-order valence-corrected chi connectivity index (χ3v) is 2.90. The van der Waals surface area contributed by atoms with Crippen molar-refractivity contribution >= 4 is 11.0 Å². The number of alkyl halides is 3. The van der Waals surface area contributed by atoms with Crippen LogP contribution in [0.4, 0.5) is 13.2 Å². The summed E-state index contributed by atoms with van der Waals surface area (Å²) in [4.78, 5) is 7.10. The van der Waals surface area contributed by atoms with E-state index in [0.29, 0.717) is 41.6 Å². The molecule has 1 aromatic heterocycles. The summed E-state index contributed by atoms with van der Waals surface area (Å²) in [5.41, 5.74) is 1.27. The molecule has 21 heavy (non-hydrogen) atoms. The largest absolute Gasteiger partial charge is 0.489 e. The summed E-state index contributed by atoms with van der Waals surface area (Å²) in [7, 11) is 0. The molecule has 5 nitrogen and oxygen atoms in total. The molecule has 0 spiro atoms. The normalized spacial score (nSPS) is 15.2. The van der Waals surface area contributed by atoms with Crippen molar-refractivity contribution < 1.29 is 27.4 Å². The van der Waals surface area contributed by atoms with Gasteiger partial charge in [-0.2, -0.15) is 13.2 Å². The molecule has 2 aromatic rings. The molecule has 0 fully saturated rings. The SMILES string of the molecule is FC(F)(F)COCc1nc2cc3c(cc2[nH]1)OCCCO3. The number of imidazole rings is 1. The summed E-state index contributed by atoms with van der Waals surface area (Å²) in [5, 5.41) is 0. The Morgan fingerprint density at radius 1 is 1.19 bits per heavy atom. The van der Waals surface area contributed by atoms with Crippen LogP contribution in [0.3, 0.4) is 0 Å². The van der Waals surface area contributed by atoms with Gasteiger partial charge in [-0.15, -0.1) is 0 Å². The second-order valence-electron chi connectivity index (χ2n) is 4.66. The summed E-state index contributed by atoms with van der Waals surface area (Å²) in [5.74, 6) is 1.52. The van der Waals surface area contributed by atoms with Crippen LogP contribution in [0, 0.1) is 0 Å². The van der Waals surface area contributed by atoms with Crippen molar-refractivity contribution in [3.63, 3.8) is 0 Å². The first kappa shape index (κ1) is 14.0. The summed E-state index contributed by atoms with van der Waals surface area (Å²) in [6.07, 6.45) is -3.54. The number of aromatic nitrogens is 2. The van der Waals surface area contributed by atoms with Crippen molar-refractivity contribution in [3.05, 3.63) is 18.0 Å². The smallest absolute Gasteiger partial charge is 0.411 e. The van der Waals surface area contributed by atoms with Gasteiger partial charge in [-0.1, -0.05) is 0 Å². The lowest BCUT2D eigenvalue weighted by molar-refractivity contribution is -0.177. The Kier molecular flexibility index (Phi) is 3.62. The van der Waals surface area contributed by atoms with E-state index in [4.69, 9.17) is 9.47 Å². The monoisotopic (exact) mass is 302 g/mol. The van der Waals surface area contributed by atoms with Crippen LogP contribution in [0.25, 0.3) is 11.0 Å². The summed E-state index contributed by atoms with van der Waals surface area (Å²) < 4.78 is 51.7. The standard InChI is InChI=1S/C13H13F3N2O3/c14-13(15,16)7-19-6-12-17-8-4-10-11(5-9(8)18-12)21-3-1-2-20-10/h4-5H,1-3,6-7H2,(H,17,18). The predicted octanol–water partition coefficient (Wildman–Crippen LogP) is 2.80. The average Bonchev–Trinajstić information content (AvgIpc) is 2.63. The molecule has 0 unspecified atom stereocenters. The quantitative estimate of drug-likeness (QED) is 0.947. The zero-order valence-electron chi connectivity index (χ0n) is 11.0. The molecule has 0 saturated heterocycles. The Hall–Kier alpha value is -1.96. The molecule has 0 aliphatic carbocycles. The molecule has 0 radical (unpaired) electrons.